The van der Waals surface area contributed by atoms with Gasteiger partial charge in [-0.25, -0.2) is 0 Å². The molecule has 23 heavy (non-hydrogen) atoms. The normalized spacial score (nSPS) is 15.1. The Hall–Kier alpha value is -1.20. The molecule has 0 radical (unpaired) electrons. The molecule has 1 heterocycles. The molecule has 0 aromatic heterocycles. The second-order valence-corrected chi connectivity index (χ2v) is 7.31. The second-order valence-electron chi connectivity index (χ2n) is 6.41. The monoisotopic (exact) mass is 336 g/mol. The van der Waals surface area contributed by atoms with E-state index in [9.17, 15) is 4.79 Å². The average molecular weight is 337 g/mol. The van der Waals surface area contributed by atoms with Gasteiger partial charge in [0, 0.05) is 11.3 Å². The predicted molar refractivity (Wildman–Crippen MR) is 97.0 cm³/mol. The van der Waals surface area contributed by atoms with Gasteiger partial charge < -0.3 is 9.64 Å². The van der Waals surface area contributed by atoms with Crippen molar-refractivity contribution in [1.82, 2.24) is 9.62 Å². The topological polar surface area (TPSA) is 41.6 Å². The lowest BCUT2D eigenvalue weighted by Crippen LogP contribution is -2.22. The highest BCUT2D eigenvalue weighted by Gasteiger charge is 2.10. The molecule has 1 aliphatic heterocycles. The van der Waals surface area contributed by atoms with Crippen LogP contribution in [0.2, 0.25) is 0 Å². The smallest absolute Gasteiger partial charge is 0.261 e. The molecule has 1 saturated heterocycles. The number of benzene rings is 1. The zero-order chi connectivity index (χ0) is 16.5. The lowest BCUT2D eigenvalue weighted by Gasteiger charge is -2.13. The van der Waals surface area contributed by atoms with E-state index in [-0.39, 0.29) is 5.91 Å². The summed E-state index contributed by atoms with van der Waals surface area (Å²) in [5.74, 6) is 2.23. The minimum Gasteiger partial charge on any atom is -0.493 e. The standard InChI is InChI=1S/C18H28N2O2S/c1-15(2)14-22-17-8-6-16(7-9-17)18(21)19-23-13-5-12-20-10-3-4-11-20/h6-9,15H,3-5,10-14H2,1-2H3,(H,19,21). The molecule has 0 unspecified atom stereocenters. The van der Waals surface area contributed by atoms with Crippen LogP contribution in [-0.4, -0.2) is 42.8 Å². The number of rotatable bonds is 9. The molecule has 1 aromatic rings. The summed E-state index contributed by atoms with van der Waals surface area (Å²) in [7, 11) is 0. The van der Waals surface area contributed by atoms with Gasteiger partial charge in [0.1, 0.15) is 5.75 Å². The number of amides is 1. The fourth-order valence-electron chi connectivity index (χ4n) is 2.51. The van der Waals surface area contributed by atoms with Crippen molar-refractivity contribution in [2.45, 2.75) is 33.1 Å². The van der Waals surface area contributed by atoms with Gasteiger partial charge in [-0.1, -0.05) is 25.8 Å². The van der Waals surface area contributed by atoms with Crippen molar-refractivity contribution in [1.29, 1.82) is 0 Å². The van der Waals surface area contributed by atoms with Crippen molar-refractivity contribution in [3.63, 3.8) is 0 Å². The Balaban J connectivity index is 1.62. The Morgan fingerprint density at radius 2 is 1.96 bits per heavy atom. The first kappa shape index (κ1) is 18.1. The van der Waals surface area contributed by atoms with Crippen LogP contribution in [0.4, 0.5) is 0 Å². The van der Waals surface area contributed by atoms with Crippen LogP contribution >= 0.6 is 11.9 Å². The minimum atomic E-state index is -0.0356. The van der Waals surface area contributed by atoms with E-state index in [1.807, 2.05) is 24.3 Å². The lowest BCUT2D eigenvalue weighted by atomic mass is 10.2. The van der Waals surface area contributed by atoms with E-state index in [1.165, 1.54) is 37.9 Å². The van der Waals surface area contributed by atoms with E-state index in [0.29, 0.717) is 18.1 Å². The maximum Gasteiger partial charge on any atom is 0.261 e. The number of carbonyl (C=O) groups is 1. The largest absolute Gasteiger partial charge is 0.493 e. The first-order valence-electron chi connectivity index (χ1n) is 8.52. The van der Waals surface area contributed by atoms with Crippen LogP contribution in [0.25, 0.3) is 0 Å². The molecular formula is C18H28N2O2S. The number of hydrogen-bond donors (Lipinski definition) is 1. The number of likely N-dealkylation sites (tertiary alicyclic amines) is 1. The van der Waals surface area contributed by atoms with E-state index in [0.717, 1.165) is 24.5 Å². The van der Waals surface area contributed by atoms with Gasteiger partial charge in [0.25, 0.3) is 5.91 Å². The molecule has 1 fully saturated rings. The summed E-state index contributed by atoms with van der Waals surface area (Å²) in [5, 5.41) is 0. The van der Waals surface area contributed by atoms with Crippen molar-refractivity contribution in [3.05, 3.63) is 29.8 Å². The van der Waals surface area contributed by atoms with Crippen LogP contribution in [0.5, 0.6) is 5.75 Å². The van der Waals surface area contributed by atoms with Crippen LogP contribution in [0.15, 0.2) is 24.3 Å². The van der Waals surface area contributed by atoms with Gasteiger partial charge in [-0.2, -0.15) is 0 Å². The zero-order valence-corrected chi connectivity index (χ0v) is 15.0. The summed E-state index contributed by atoms with van der Waals surface area (Å²) in [5.41, 5.74) is 0.675. The molecule has 0 spiro atoms. The van der Waals surface area contributed by atoms with Crippen molar-refractivity contribution in [2.24, 2.45) is 5.92 Å². The predicted octanol–water partition coefficient (Wildman–Crippen LogP) is 3.59. The SMILES string of the molecule is CC(C)COc1ccc(C(=O)NSCCCN2CCCC2)cc1. The van der Waals surface area contributed by atoms with Gasteiger partial charge in [0.05, 0.1) is 6.61 Å². The molecule has 1 aliphatic rings. The molecule has 1 N–H and O–H groups in total. The van der Waals surface area contributed by atoms with Crippen LogP contribution < -0.4 is 9.46 Å². The molecule has 0 aliphatic carbocycles. The molecule has 2 rings (SSSR count). The Morgan fingerprint density at radius 3 is 2.61 bits per heavy atom. The summed E-state index contributed by atoms with van der Waals surface area (Å²) >= 11 is 1.50. The molecule has 1 aromatic carbocycles. The minimum absolute atomic E-state index is 0.0356. The molecule has 1 amide bonds. The van der Waals surface area contributed by atoms with E-state index in [2.05, 4.69) is 23.5 Å². The molecule has 0 atom stereocenters. The highest BCUT2D eigenvalue weighted by Crippen LogP contribution is 2.14. The molecule has 0 saturated carbocycles. The van der Waals surface area contributed by atoms with Crippen LogP contribution in [-0.2, 0) is 0 Å². The van der Waals surface area contributed by atoms with Gasteiger partial charge in [-0.05, 0) is 69.1 Å². The molecular weight excluding hydrogens is 308 g/mol. The summed E-state index contributed by atoms with van der Waals surface area (Å²) in [6.45, 7) is 8.54. The van der Waals surface area contributed by atoms with E-state index in [4.69, 9.17) is 4.74 Å². The Labute approximate surface area is 144 Å². The third-order valence-corrected chi connectivity index (χ3v) is 4.61. The maximum absolute atomic E-state index is 12.1. The molecule has 0 bridgehead atoms. The van der Waals surface area contributed by atoms with Crippen molar-refractivity contribution in [3.8, 4) is 5.75 Å². The maximum atomic E-state index is 12.1. The first-order valence-corrected chi connectivity index (χ1v) is 9.51. The fourth-order valence-corrected chi connectivity index (χ4v) is 3.13. The van der Waals surface area contributed by atoms with Gasteiger partial charge in [0.2, 0.25) is 0 Å². The molecule has 128 valence electrons. The van der Waals surface area contributed by atoms with Crippen molar-refractivity contribution < 1.29 is 9.53 Å². The Kier molecular flexibility index (Phi) is 7.76. The average Bonchev–Trinajstić information content (AvgIpc) is 3.06. The fraction of sp³-hybridized carbons (Fsp3) is 0.611. The van der Waals surface area contributed by atoms with Gasteiger partial charge >= 0.3 is 0 Å². The van der Waals surface area contributed by atoms with E-state index >= 15 is 0 Å². The second kappa shape index (κ2) is 9.83. The van der Waals surface area contributed by atoms with E-state index < -0.39 is 0 Å². The van der Waals surface area contributed by atoms with Crippen LogP contribution in [0.3, 0.4) is 0 Å². The number of nitrogens with zero attached hydrogens (tertiary/aromatic N) is 1. The molecule has 4 nitrogen and oxygen atoms in total. The van der Waals surface area contributed by atoms with Gasteiger partial charge in [0.15, 0.2) is 0 Å². The summed E-state index contributed by atoms with van der Waals surface area (Å²) in [6, 6.07) is 7.34. The summed E-state index contributed by atoms with van der Waals surface area (Å²) in [6.07, 6.45) is 3.79. The van der Waals surface area contributed by atoms with Crippen LogP contribution in [0, 0.1) is 5.92 Å². The Morgan fingerprint density at radius 1 is 1.26 bits per heavy atom. The molecule has 5 heteroatoms. The lowest BCUT2D eigenvalue weighted by molar-refractivity contribution is 0.0984. The van der Waals surface area contributed by atoms with Gasteiger partial charge in [-0.3, -0.25) is 9.52 Å². The highest BCUT2D eigenvalue weighted by atomic mass is 32.2. The van der Waals surface area contributed by atoms with Gasteiger partial charge in [-0.15, -0.1) is 0 Å². The number of hydrogen-bond acceptors (Lipinski definition) is 4. The van der Waals surface area contributed by atoms with Crippen molar-refractivity contribution in [2.75, 3.05) is 32.0 Å². The number of carbonyl (C=O) groups excluding carboxylic acids is 1. The zero-order valence-electron chi connectivity index (χ0n) is 14.2. The number of nitrogens with one attached hydrogen (secondary N) is 1. The van der Waals surface area contributed by atoms with Crippen molar-refractivity contribution >= 4 is 17.9 Å². The third kappa shape index (κ3) is 6.83. The van der Waals surface area contributed by atoms with E-state index in [1.54, 1.807) is 0 Å². The highest BCUT2D eigenvalue weighted by molar-refractivity contribution is 7.97. The third-order valence-electron chi connectivity index (χ3n) is 3.78. The summed E-state index contributed by atoms with van der Waals surface area (Å²) < 4.78 is 8.53. The summed E-state index contributed by atoms with van der Waals surface area (Å²) in [4.78, 5) is 14.6. The first-order chi connectivity index (χ1) is 11.1. The quantitative estimate of drug-likeness (QED) is 0.553. The van der Waals surface area contributed by atoms with Crippen LogP contribution in [0.1, 0.15) is 43.5 Å². The number of ether oxygens (including phenoxy) is 1. The Bertz CT molecular complexity index is 470.